The lowest BCUT2D eigenvalue weighted by molar-refractivity contribution is -0.148. The molecule has 1 unspecified atom stereocenters. The van der Waals surface area contributed by atoms with Gasteiger partial charge in [0, 0.05) is 22.7 Å². The van der Waals surface area contributed by atoms with Crippen molar-refractivity contribution in [1.82, 2.24) is 0 Å². The Labute approximate surface area is 160 Å². The van der Waals surface area contributed by atoms with Crippen molar-refractivity contribution in [3.63, 3.8) is 0 Å². The van der Waals surface area contributed by atoms with E-state index >= 15 is 0 Å². The van der Waals surface area contributed by atoms with Crippen molar-refractivity contribution in [2.75, 3.05) is 6.61 Å². The van der Waals surface area contributed by atoms with Crippen molar-refractivity contribution in [3.05, 3.63) is 28.4 Å². The molecule has 0 fully saturated rings. The van der Waals surface area contributed by atoms with Gasteiger partial charge < -0.3 is 4.74 Å². The molecule has 0 bridgehead atoms. The van der Waals surface area contributed by atoms with Crippen LogP contribution in [0.4, 0.5) is 0 Å². The number of carbonyl (C=O) groups is 2. The summed E-state index contributed by atoms with van der Waals surface area (Å²) in [6.07, 6.45) is 0.824. The van der Waals surface area contributed by atoms with Crippen LogP contribution in [0.15, 0.2) is 12.1 Å². The van der Waals surface area contributed by atoms with E-state index in [0.29, 0.717) is 18.6 Å². The molecule has 0 spiro atoms. The van der Waals surface area contributed by atoms with Gasteiger partial charge in [0.15, 0.2) is 5.78 Å². The number of rotatable bonds is 6. The van der Waals surface area contributed by atoms with Gasteiger partial charge in [-0.05, 0) is 93.2 Å². The third kappa shape index (κ3) is 5.08. The molecular weight excluding hydrogens is 597 g/mol. The predicted octanol–water partition coefficient (Wildman–Crippen LogP) is 4.66. The van der Waals surface area contributed by atoms with E-state index in [2.05, 4.69) is 67.8 Å². The Balaban J connectivity index is 2.90. The average Bonchev–Trinajstić information content (AvgIpc) is 2.40. The van der Waals surface area contributed by atoms with Crippen LogP contribution in [0.25, 0.3) is 0 Å². The quantitative estimate of drug-likeness (QED) is 0.203. The van der Waals surface area contributed by atoms with Gasteiger partial charge in [-0.2, -0.15) is 0 Å². The zero-order chi connectivity index (χ0) is 15.3. The summed E-state index contributed by atoms with van der Waals surface area (Å²) >= 11 is 6.63. The van der Waals surface area contributed by atoms with Crippen molar-refractivity contribution >= 4 is 79.5 Å². The van der Waals surface area contributed by atoms with E-state index in [-0.39, 0.29) is 24.1 Å². The molecule has 0 radical (unpaired) electrons. The van der Waals surface area contributed by atoms with Crippen LogP contribution in [-0.4, -0.2) is 18.4 Å². The fourth-order valence-electron chi connectivity index (χ4n) is 1.72. The molecule has 3 nitrogen and oxygen atoms in total. The number of esters is 1. The maximum absolute atomic E-state index is 12.4. The zero-order valence-electron chi connectivity index (χ0n) is 11.2. The molecule has 0 amide bonds. The fraction of sp³-hybridized carbons (Fsp3) is 0.429. The van der Waals surface area contributed by atoms with E-state index in [9.17, 15) is 9.59 Å². The van der Waals surface area contributed by atoms with Crippen LogP contribution in [0.1, 0.15) is 37.0 Å². The number of halogens is 3. The van der Waals surface area contributed by atoms with Crippen LogP contribution < -0.4 is 0 Å². The van der Waals surface area contributed by atoms with Crippen LogP contribution in [0.2, 0.25) is 0 Å². The van der Waals surface area contributed by atoms with Crippen LogP contribution in [0, 0.1) is 16.6 Å². The molecule has 1 aromatic rings. The van der Waals surface area contributed by atoms with Gasteiger partial charge in [-0.1, -0.05) is 6.92 Å². The molecule has 1 rings (SSSR count). The van der Waals surface area contributed by atoms with Crippen molar-refractivity contribution in [3.8, 4) is 0 Å². The number of hydrogen-bond acceptors (Lipinski definition) is 3. The lowest BCUT2D eigenvalue weighted by Gasteiger charge is -2.13. The number of carbonyl (C=O) groups excluding carboxylic acids is 2. The molecule has 0 aromatic heterocycles. The highest BCUT2D eigenvalue weighted by molar-refractivity contribution is 14.1. The summed E-state index contributed by atoms with van der Waals surface area (Å²) in [5.41, 5.74) is 0.693. The molecule has 0 saturated carbocycles. The van der Waals surface area contributed by atoms with E-state index in [1.807, 2.05) is 19.1 Å². The van der Waals surface area contributed by atoms with Gasteiger partial charge >= 0.3 is 5.97 Å². The lowest BCUT2D eigenvalue weighted by atomic mass is 9.96. The Kier molecular flexibility index (Phi) is 8.24. The van der Waals surface area contributed by atoms with Crippen LogP contribution in [-0.2, 0) is 9.53 Å². The number of benzene rings is 1. The predicted molar refractivity (Wildman–Crippen MR) is 104 cm³/mol. The van der Waals surface area contributed by atoms with Gasteiger partial charge in [0.05, 0.1) is 12.5 Å². The molecule has 6 heteroatoms. The summed E-state index contributed by atoms with van der Waals surface area (Å²) in [4.78, 5) is 24.2. The molecule has 0 aliphatic rings. The molecular formula is C14H15I3O3. The maximum atomic E-state index is 12.4. The minimum absolute atomic E-state index is 0.00335. The van der Waals surface area contributed by atoms with Crippen LogP contribution in [0.5, 0.6) is 0 Å². The zero-order valence-corrected chi connectivity index (χ0v) is 17.7. The number of ether oxygens (including phenoxy) is 1. The van der Waals surface area contributed by atoms with Crippen molar-refractivity contribution in [2.45, 2.75) is 26.7 Å². The largest absolute Gasteiger partial charge is 0.466 e. The van der Waals surface area contributed by atoms with Crippen molar-refractivity contribution < 1.29 is 14.3 Å². The highest BCUT2D eigenvalue weighted by atomic mass is 127. The summed E-state index contributed by atoms with van der Waals surface area (Å²) in [5.74, 6) is -0.627. The van der Waals surface area contributed by atoms with Crippen molar-refractivity contribution in [1.29, 1.82) is 0 Å². The standard InChI is InChI=1S/C14H15I3O3/c1-3-8(14(19)20-4-2)5-13(18)9-6-11(16)12(17)7-10(9)15/h6-8H,3-5H2,1-2H3. The Morgan fingerprint density at radius 2 is 1.70 bits per heavy atom. The molecule has 1 aromatic carbocycles. The molecule has 0 N–H and O–H groups in total. The smallest absolute Gasteiger partial charge is 0.309 e. The summed E-state index contributed by atoms with van der Waals surface area (Å²) in [6.45, 7) is 4.02. The molecule has 0 heterocycles. The second-order valence-corrected chi connectivity index (χ2v) is 7.72. The van der Waals surface area contributed by atoms with Crippen LogP contribution in [0.3, 0.4) is 0 Å². The third-order valence-electron chi connectivity index (χ3n) is 2.85. The SMILES string of the molecule is CCOC(=O)C(CC)CC(=O)c1cc(I)c(I)cc1I. The summed E-state index contributed by atoms with van der Waals surface area (Å²) < 4.78 is 8.11. The first kappa shape index (κ1) is 18.6. The van der Waals surface area contributed by atoms with Crippen molar-refractivity contribution in [2.24, 2.45) is 5.92 Å². The topological polar surface area (TPSA) is 43.4 Å². The summed E-state index contributed by atoms with van der Waals surface area (Å²) in [6, 6.07) is 3.88. The molecule has 0 aliphatic heterocycles. The normalized spacial score (nSPS) is 12.1. The Hall–Kier alpha value is 0.550. The number of hydrogen-bond donors (Lipinski definition) is 0. The minimum atomic E-state index is -0.352. The summed E-state index contributed by atoms with van der Waals surface area (Å²) in [7, 11) is 0. The first-order valence-electron chi connectivity index (χ1n) is 6.25. The monoisotopic (exact) mass is 612 g/mol. The van der Waals surface area contributed by atoms with Gasteiger partial charge in [0.1, 0.15) is 0 Å². The van der Waals surface area contributed by atoms with Gasteiger partial charge in [-0.15, -0.1) is 0 Å². The number of ketones is 1. The summed E-state index contributed by atoms with van der Waals surface area (Å²) in [5, 5.41) is 0. The second kappa shape index (κ2) is 8.86. The van der Waals surface area contributed by atoms with Gasteiger partial charge in [-0.3, -0.25) is 9.59 Å². The molecule has 0 aliphatic carbocycles. The van der Waals surface area contributed by atoms with E-state index in [4.69, 9.17) is 4.74 Å². The molecule has 1 atom stereocenters. The lowest BCUT2D eigenvalue weighted by Crippen LogP contribution is -2.21. The van der Waals surface area contributed by atoms with Gasteiger partial charge in [0.25, 0.3) is 0 Å². The minimum Gasteiger partial charge on any atom is -0.466 e. The van der Waals surface area contributed by atoms with Crippen LogP contribution >= 0.6 is 67.8 Å². The maximum Gasteiger partial charge on any atom is 0.309 e. The van der Waals surface area contributed by atoms with E-state index < -0.39 is 0 Å². The Morgan fingerprint density at radius 3 is 2.25 bits per heavy atom. The first-order chi connectivity index (χ1) is 9.40. The van der Waals surface area contributed by atoms with Gasteiger partial charge in [0.2, 0.25) is 0 Å². The third-order valence-corrected chi connectivity index (χ3v) is 6.56. The second-order valence-electron chi connectivity index (χ2n) is 4.23. The highest BCUT2D eigenvalue weighted by Gasteiger charge is 2.23. The fourth-order valence-corrected chi connectivity index (χ4v) is 4.02. The molecule has 20 heavy (non-hydrogen) atoms. The van der Waals surface area contributed by atoms with Gasteiger partial charge in [-0.25, -0.2) is 0 Å². The average molecular weight is 612 g/mol. The van der Waals surface area contributed by atoms with E-state index in [0.717, 1.165) is 10.7 Å². The number of Topliss-reactive ketones (excluding diaryl/α,β-unsaturated/α-hetero) is 1. The van der Waals surface area contributed by atoms with E-state index in [1.54, 1.807) is 6.92 Å². The Bertz CT molecular complexity index is 515. The molecule has 0 saturated heterocycles. The first-order valence-corrected chi connectivity index (χ1v) is 9.48. The van der Waals surface area contributed by atoms with E-state index in [1.165, 1.54) is 0 Å². The highest BCUT2D eigenvalue weighted by Crippen LogP contribution is 2.24. The molecule has 110 valence electrons. The Morgan fingerprint density at radius 1 is 1.10 bits per heavy atom.